The van der Waals surface area contributed by atoms with Gasteiger partial charge in [0.25, 0.3) is 5.91 Å². The number of carbonyl (C=O) groups excluding carboxylic acids is 1. The van der Waals surface area contributed by atoms with Gasteiger partial charge in [0.1, 0.15) is 0 Å². The van der Waals surface area contributed by atoms with Gasteiger partial charge in [0.15, 0.2) is 0 Å². The summed E-state index contributed by atoms with van der Waals surface area (Å²) in [4.78, 5) is 14.4. The summed E-state index contributed by atoms with van der Waals surface area (Å²) in [5.74, 6) is 0.210. The van der Waals surface area contributed by atoms with Crippen molar-refractivity contribution >= 4 is 5.91 Å². The third kappa shape index (κ3) is 3.64. The number of nitrogens with zero attached hydrogens (tertiary/aromatic N) is 2. The number of aliphatic hydroxyl groups excluding tert-OH is 1. The van der Waals surface area contributed by atoms with Crippen LogP contribution in [0.5, 0.6) is 0 Å². The molecule has 0 bridgehead atoms. The molecule has 2 aromatic rings. The quantitative estimate of drug-likeness (QED) is 0.943. The van der Waals surface area contributed by atoms with Crippen LogP contribution in [0.4, 0.5) is 0 Å². The maximum Gasteiger partial charge on any atom is 0.253 e. The van der Waals surface area contributed by atoms with Crippen molar-refractivity contribution in [3.05, 3.63) is 54.4 Å². The molecule has 3 rings (SSSR count). The van der Waals surface area contributed by atoms with E-state index in [9.17, 15) is 9.90 Å². The third-order valence-corrected chi connectivity index (χ3v) is 4.72. The molecular weight excluding hydrogens is 288 g/mol. The van der Waals surface area contributed by atoms with Crippen LogP contribution in [0.15, 0.2) is 48.8 Å². The van der Waals surface area contributed by atoms with E-state index in [-0.39, 0.29) is 17.9 Å². The van der Waals surface area contributed by atoms with Gasteiger partial charge >= 0.3 is 0 Å². The van der Waals surface area contributed by atoms with Crippen LogP contribution in [-0.4, -0.2) is 40.2 Å². The molecule has 1 heterocycles. The number of carbonyl (C=O) groups is 1. The van der Waals surface area contributed by atoms with Crippen molar-refractivity contribution in [3.8, 4) is 5.69 Å². The zero-order valence-corrected chi connectivity index (χ0v) is 13.6. The summed E-state index contributed by atoms with van der Waals surface area (Å²) in [6.07, 6.45) is 7.75. The first-order chi connectivity index (χ1) is 11.1. The molecule has 1 N–H and O–H groups in total. The van der Waals surface area contributed by atoms with Crippen molar-refractivity contribution in [2.45, 2.75) is 31.8 Å². The Morgan fingerprint density at radius 1 is 1.22 bits per heavy atom. The minimum atomic E-state index is -0.273. The molecule has 1 aliphatic carbocycles. The van der Waals surface area contributed by atoms with E-state index in [2.05, 4.69) is 0 Å². The number of hydrogen-bond acceptors (Lipinski definition) is 2. The second kappa shape index (κ2) is 7.01. The number of aliphatic hydroxyl groups is 1. The van der Waals surface area contributed by atoms with Crippen LogP contribution in [0.3, 0.4) is 0 Å². The van der Waals surface area contributed by atoms with Crippen LogP contribution in [0.25, 0.3) is 5.69 Å². The van der Waals surface area contributed by atoms with Gasteiger partial charge in [-0.25, -0.2) is 0 Å². The van der Waals surface area contributed by atoms with E-state index in [1.165, 1.54) is 0 Å². The molecule has 122 valence electrons. The maximum atomic E-state index is 12.7. The summed E-state index contributed by atoms with van der Waals surface area (Å²) in [6.45, 7) is 0.619. The second-order valence-electron chi connectivity index (χ2n) is 6.44. The first-order valence-electron chi connectivity index (χ1n) is 8.32. The standard InChI is InChI=1S/C19H24N2O2/c1-20(14-16-7-2-3-10-18(16)22)19(23)15-8-6-9-17(13-15)21-11-4-5-12-21/h4-6,8-9,11-13,16,18,22H,2-3,7,10,14H2,1H3. The van der Waals surface area contributed by atoms with Crippen molar-refractivity contribution in [2.75, 3.05) is 13.6 Å². The highest BCUT2D eigenvalue weighted by Crippen LogP contribution is 2.25. The average Bonchev–Trinajstić information content (AvgIpc) is 3.11. The minimum absolute atomic E-state index is 0.0109. The van der Waals surface area contributed by atoms with E-state index in [1.807, 2.05) is 60.4 Å². The first kappa shape index (κ1) is 15.8. The topological polar surface area (TPSA) is 45.5 Å². The molecule has 0 spiro atoms. The molecule has 4 nitrogen and oxygen atoms in total. The lowest BCUT2D eigenvalue weighted by Crippen LogP contribution is -2.38. The number of aromatic nitrogens is 1. The molecule has 1 aliphatic rings. The van der Waals surface area contributed by atoms with E-state index in [1.54, 1.807) is 4.90 Å². The predicted octanol–water partition coefficient (Wildman–Crippen LogP) is 3.10. The zero-order valence-electron chi connectivity index (χ0n) is 13.6. The average molecular weight is 312 g/mol. The molecule has 1 saturated carbocycles. The maximum absolute atomic E-state index is 12.7. The summed E-state index contributed by atoms with van der Waals surface area (Å²) >= 11 is 0. The van der Waals surface area contributed by atoms with Gasteiger partial charge in [0.2, 0.25) is 0 Å². The Morgan fingerprint density at radius 2 is 1.96 bits per heavy atom. The Bertz CT molecular complexity index is 651. The van der Waals surface area contributed by atoms with Gasteiger partial charge < -0.3 is 14.6 Å². The van der Waals surface area contributed by atoms with Crippen LogP contribution in [0.2, 0.25) is 0 Å². The fraction of sp³-hybridized carbons (Fsp3) is 0.421. The fourth-order valence-electron chi connectivity index (χ4n) is 3.36. The van der Waals surface area contributed by atoms with Crippen LogP contribution in [0, 0.1) is 5.92 Å². The van der Waals surface area contributed by atoms with Gasteiger partial charge in [-0.05, 0) is 43.2 Å². The Balaban J connectivity index is 1.71. The van der Waals surface area contributed by atoms with Crippen molar-refractivity contribution in [3.63, 3.8) is 0 Å². The number of hydrogen-bond donors (Lipinski definition) is 1. The number of rotatable bonds is 4. The van der Waals surface area contributed by atoms with Crippen molar-refractivity contribution in [1.82, 2.24) is 9.47 Å². The lowest BCUT2D eigenvalue weighted by atomic mass is 9.86. The lowest BCUT2D eigenvalue weighted by Gasteiger charge is -2.31. The largest absolute Gasteiger partial charge is 0.393 e. The van der Waals surface area contributed by atoms with E-state index in [4.69, 9.17) is 0 Å². The number of benzene rings is 1. The molecule has 1 amide bonds. The molecule has 1 aromatic carbocycles. The van der Waals surface area contributed by atoms with Gasteiger partial charge in [-0.1, -0.05) is 18.9 Å². The second-order valence-corrected chi connectivity index (χ2v) is 6.44. The van der Waals surface area contributed by atoms with Crippen molar-refractivity contribution in [2.24, 2.45) is 5.92 Å². The summed E-state index contributed by atoms with van der Waals surface area (Å²) < 4.78 is 1.99. The van der Waals surface area contributed by atoms with E-state index in [0.29, 0.717) is 12.1 Å². The minimum Gasteiger partial charge on any atom is -0.393 e. The highest BCUT2D eigenvalue weighted by Gasteiger charge is 2.26. The van der Waals surface area contributed by atoms with Crippen LogP contribution >= 0.6 is 0 Å². The Hall–Kier alpha value is -2.07. The summed E-state index contributed by atoms with van der Waals surface area (Å²) in [6, 6.07) is 11.6. The molecule has 2 atom stereocenters. The fourth-order valence-corrected chi connectivity index (χ4v) is 3.36. The molecule has 0 saturated heterocycles. The van der Waals surface area contributed by atoms with Crippen molar-refractivity contribution in [1.29, 1.82) is 0 Å². The molecule has 0 aliphatic heterocycles. The molecule has 1 fully saturated rings. The smallest absolute Gasteiger partial charge is 0.253 e. The monoisotopic (exact) mass is 312 g/mol. The predicted molar refractivity (Wildman–Crippen MR) is 90.7 cm³/mol. The Morgan fingerprint density at radius 3 is 2.70 bits per heavy atom. The van der Waals surface area contributed by atoms with E-state index in [0.717, 1.165) is 31.4 Å². The molecule has 23 heavy (non-hydrogen) atoms. The summed E-state index contributed by atoms with van der Waals surface area (Å²) in [7, 11) is 1.83. The van der Waals surface area contributed by atoms with Gasteiger partial charge in [0, 0.05) is 43.2 Å². The summed E-state index contributed by atoms with van der Waals surface area (Å²) in [5, 5.41) is 10.1. The van der Waals surface area contributed by atoms with Gasteiger partial charge in [-0.15, -0.1) is 0 Å². The molecule has 2 unspecified atom stereocenters. The summed E-state index contributed by atoms with van der Waals surface area (Å²) in [5.41, 5.74) is 1.66. The zero-order chi connectivity index (χ0) is 16.2. The van der Waals surface area contributed by atoms with Crippen LogP contribution in [-0.2, 0) is 0 Å². The lowest BCUT2D eigenvalue weighted by molar-refractivity contribution is 0.0451. The van der Waals surface area contributed by atoms with Gasteiger partial charge in [0.05, 0.1) is 6.10 Å². The van der Waals surface area contributed by atoms with Gasteiger partial charge in [-0.3, -0.25) is 4.79 Å². The highest BCUT2D eigenvalue weighted by atomic mass is 16.3. The SMILES string of the molecule is CN(CC1CCCCC1O)C(=O)c1cccc(-n2cccc2)c1. The number of amides is 1. The highest BCUT2D eigenvalue weighted by molar-refractivity contribution is 5.94. The van der Waals surface area contributed by atoms with E-state index < -0.39 is 0 Å². The van der Waals surface area contributed by atoms with Crippen molar-refractivity contribution < 1.29 is 9.90 Å². The molecular formula is C19H24N2O2. The third-order valence-electron chi connectivity index (χ3n) is 4.72. The Kier molecular flexibility index (Phi) is 4.82. The molecule has 1 aromatic heterocycles. The normalized spacial score (nSPS) is 21.1. The van der Waals surface area contributed by atoms with E-state index >= 15 is 0 Å². The molecule has 0 radical (unpaired) electrons. The first-order valence-corrected chi connectivity index (χ1v) is 8.32. The van der Waals surface area contributed by atoms with Crippen LogP contribution in [0.1, 0.15) is 36.0 Å². The van der Waals surface area contributed by atoms with Crippen LogP contribution < -0.4 is 0 Å². The Labute approximate surface area is 137 Å². The molecule has 4 heteroatoms. The van der Waals surface area contributed by atoms with Gasteiger partial charge in [-0.2, -0.15) is 0 Å².